The van der Waals surface area contributed by atoms with Crippen LogP contribution in [0.5, 0.6) is 6.01 Å². The molecule has 1 aromatic carbocycles. The number of hydrogen-bond acceptors (Lipinski definition) is 4. The van der Waals surface area contributed by atoms with Crippen LogP contribution < -0.4 is 10.1 Å². The lowest BCUT2D eigenvalue weighted by Gasteiger charge is -2.08. The Morgan fingerprint density at radius 1 is 1.30 bits per heavy atom. The normalized spacial score (nSPS) is 14.1. The smallest absolute Gasteiger partial charge is 0.318 e. The first kappa shape index (κ1) is 12.8. The largest absolute Gasteiger partial charge is 0.459 e. The standard InChI is InChI=1S/C15H16FN3O/c1-10-2-4-11(5-3-10)9-20-15-17-8-13(16)14(19-15)18-12-6-7-12/h2-5,8,12H,6-7,9H2,1H3,(H,17,18,19). The van der Waals surface area contributed by atoms with Crippen LogP contribution in [0.4, 0.5) is 10.2 Å². The number of nitrogens with zero attached hydrogens (tertiary/aromatic N) is 2. The van der Waals surface area contributed by atoms with E-state index in [1.165, 1.54) is 5.56 Å². The molecule has 0 spiro atoms. The van der Waals surface area contributed by atoms with Gasteiger partial charge in [-0.15, -0.1) is 0 Å². The molecule has 0 atom stereocenters. The summed E-state index contributed by atoms with van der Waals surface area (Å²) in [5.41, 5.74) is 2.22. The van der Waals surface area contributed by atoms with Gasteiger partial charge in [-0.05, 0) is 25.3 Å². The van der Waals surface area contributed by atoms with Crippen LogP contribution in [0.25, 0.3) is 0 Å². The van der Waals surface area contributed by atoms with Crippen molar-refractivity contribution in [1.29, 1.82) is 0 Å². The van der Waals surface area contributed by atoms with Gasteiger partial charge in [0.1, 0.15) is 6.61 Å². The maximum Gasteiger partial charge on any atom is 0.318 e. The maximum atomic E-state index is 13.5. The van der Waals surface area contributed by atoms with Gasteiger partial charge in [0.15, 0.2) is 11.6 Å². The van der Waals surface area contributed by atoms with Crippen molar-refractivity contribution in [1.82, 2.24) is 9.97 Å². The van der Waals surface area contributed by atoms with Crippen LogP contribution in [0.15, 0.2) is 30.5 Å². The highest BCUT2D eigenvalue weighted by atomic mass is 19.1. The van der Waals surface area contributed by atoms with Crippen molar-refractivity contribution in [3.8, 4) is 6.01 Å². The highest BCUT2D eigenvalue weighted by Crippen LogP contribution is 2.25. The lowest BCUT2D eigenvalue weighted by molar-refractivity contribution is 0.280. The van der Waals surface area contributed by atoms with Crippen molar-refractivity contribution >= 4 is 5.82 Å². The quantitative estimate of drug-likeness (QED) is 0.909. The fraction of sp³-hybridized carbons (Fsp3) is 0.333. The van der Waals surface area contributed by atoms with Crippen molar-refractivity contribution in [2.24, 2.45) is 0 Å². The molecule has 1 saturated carbocycles. The zero-order valence-electron chi connectivity index (χ0n) is 11.3. The molecule has 1 heterocycles. The molecule has 1 aliphatic rings. The molecule has 0 radical (unpaired) electrons. The number of hydrogen-bond donors (Lipinski definition) is 1. The topological polar surface area (TPSA) is 47.0 Å². The third kappa shape index (κ3) is 3.23. The SMILES string of the molecule is Cc1ccc(COc2ncc(F)c(NC3CC3)n2)cc1. The Hall–Kier alpha value is -2.17. The minimum Gasteiger partial charge on any atom is -0.459 e. The summed E-state index contributed by atoms with van der Waals surface area (Å²) in [5.74, 6) is -0.221. The lowest BCUT2D eigenvalue weighted by atomic mass is 10.2. The molecule has 5 heteroatoms. The van der Waals surface area contributed by atoms with Gasteiger partial charge in [-0.25, -0.2) is 9.37 Å². The molecule has 0 bridgehead atoms. The van der Waals surface area contributed by atoms with E-state index >= 15 is 0 Å². The minimum atomic E-state index is -0.445. The van der Waals surface area contributed by atoms with Gasteiger partial charge in [-0.2, -0.15) is 4.98 Å². The summed E-state index contributed by atoms with van der Waals surface area (Å²) in [6.07, 6.45) is 3.26. The molecule has 1 aliphatic carbocycles. The number of aromatic nitrogens is 2. The molecular formula is C15H16FN3O. The van der Waals surface area contributed by atoms with Crippen LogP contribution >= 0.6 is 0 Å². The van der Waals surface area contributed by atoms with Gasteiger partial charge < -0.3 is 10.1 Å². The molecular weight excluding hydrogens is 257 g/mol. The van der Waals surface area contributed by atoms with Crippen LogP contribution in [0.2, 0.25) is 0 Å². The lowest BCUT2D eigenvalue weighted by Crippen LogP contribution is -2.08. The average Bonchev–Trinajstić information content (AvgIpc) is 3.25. The summed E-state index contributed by atoms with van der Waals surface area (Å²) < 4.78 is 19.0. The highest BCUT2D eigenvalue weighted by Gasteiger charge is 2.23. The minimum absolute atomic E-state index is 0.190. The second kappa shape index (κ2) is 5.45. The first-order chi connectivity index (χ1) is 9.70. The van der Waals surface area contributed by atoms with Crippen molar-refractivity contribution in [3.05, 3.63) is 47.4 Å². The molecule has 1 N–H and O–H groups in total. The van der Waals surface area contributed by atoms with E-state index in [0.29, 0.717) is 12.6 Å². The van der Waals surface area contributed by atoms with Gasteiger partial charge in [-0.1, -0.05) is 29.8 Å². The van der Waals surface area contributed by atoms with Crippen LogP contribution in [0, 0.1) is 12.7 Å². The first-order valence-electron chi connectivity index (χ1n) is 6.68. The van der Waals surface area contributed by atoms with E-state index in [0.717, 1.165) is 24.6 Å². The average molecular weight is 273 g/mol. The van der Waals surface area contributed by atoms with E-state index in [9.17, 15) is 4.39 Å². The zero-order chi connectivity index (χ0) is 13.9. The molecule has 0 amide bonds. The molecule has 0 aliphatic heterocycles. The van der Waals surface area contributed by atoms with Crippen LogP contribution in [-0.4, -0.2) is 16.0 Å². The van der Waals surface area contributed by atoms with Crippen LogP contribution in [0.1, 0.15) is 24.0 Å². The number of ether oxygens (including phenoxy) is 1. The number of halogens is 1. The molecule has 2 aromatic rings. The molecule has 0 saturated heterocycles. The van der Waals surface area contributed by atoms with Gasteiger partial charge in [0.2, 0.25) is 0 Å². The van der Waals surface area contributed by atoms with Crippen LogP contribution in [0.3, 0.4) is 0 Å². The Morgan fingerprint density at radius 3 is 2.75 bits per heavy atom. The summed E-state index contributed by atoms with van der Waals surface area (Å²) >= 11 is 0. The van der Waals surface area contributed by atoms with Gasteiger partial charge in [-0.3, -0.25) is 0 Å². The van der Waals surface area contributed by atoms with Crippen molar-refractivity contribution in [2.45, 2.75) is 32.4 Å². The monoisotopic (exact) mass is 273 g/mol. The van der Waals surface area contributed by atoms with E-state index in [1.54, 1.807) is 0 Å². The first-order valence-corrected chi connectivity index (χ1v) is 6.68. The second-order valence-corrected chi connectivity index (χ2v) is 5.04. The molecule has 0 unspecified atom stereocenters. The number of nitrogens with one attached hydrogen (secondary N) is 1. The van der Waals surface area contributed by atoms with Crippen molar-refractivity contribution in [2.75, 3.05) is 5.32 Å². The molecule has 4 nitrogen and oxygen atoms in total. The summed E-state index contributed by atoms with van der Waals surface area (Å²) in [5, 5.41) is 3.02. The third-order valence-electron chi connectivity index (χ3n) is 3.13. The molecule has 104 valence electrons. The summed E-state index contributed by atoms with van der Waals surface area (Å²) in [4.78, 5) is 7.92. The molecule has 20 heavy (non-hydrogen) atoms. The molecule has 1 fully saturated rings. The summed E-state index contributed by atoms with van der Waals surface area (Å²) in [6, 6.07) is 8.54. The van der Waals surface area contributed by atoms with Gasteiger partial charge in [0, 0.05) is 6.04 Å². The Bertz CT molecular complexity index is 597. The Labute approximate surface area is 117 Å². The number of anilines is 1. The molecule has 3 rings (SSSR count). The van der Waals surface area contributed by atoms with E-state index in [4.69, 9.17) is 4.74 Å². The summed E-state index contributed by atoms with van der Waals surface area (Å²) in [6.45, 7) is 2.40. The predicted molar refractivity (Wildman–Crippen MR) is 74.1 cm³/mol. The number of rotatable bonds is 5. The predicted octanol–water partition coefficient (Wildman–Crippen LogP) is 3.08. The fourth-order valence-electron chi connectivity index (χ4n) is 1.77. The van der Waals surface area contributed by atoms with E-state index in [-0.39, 0.29) is 11.8 Å². The fourth-order valence-corrected chi connectivity index (χ4v) is 1.77. The second-order valence-electron chi connectivity index (χ2n) is 5.04. The van der Waals surface area contributed by atoms with Crippen LogP contribution in [-0.2, 0) is 6.61 Å². The third-order valence-corrected chi connectivity index (χ3v) is 3.13. The van der Waals surface area contributed by atoms with E-state index in [2.05, 4.69) is 15.3 Å². The summed E-state index contributed by atoms with van der Waals surface area (Å²) in [7, 11) is 0. The molecule has 1 aromatic heterocycles. The van der Waals surface area contributed by atoms with Gasteiger partial charge in [0.25, 0.3) is 0 Å². The highest BCUT2D eigenvalue weighted by molar-refractivity contribution is 5.38. The Balaban J connectivity index is 1.65. The van der Waals surface area contributed by atoms with Crippen molar-refractivity contribution in [3.63, 3.8) is 0 Å². The van der Waals surface area contributed by atoms with E-state index < -0.39 is 5.82 Å². The van der Waals surface area contributed by atoms with Crippen molar-refractivity contribution < 1.29 is 9.13 Å². The zero-order valence-corrected chi connectivity index (χ0v) is 11.3. The van der Waals surface area contributed by atoms with Gasteiger partial charge in [0.05, 0.1) is 6.20 Å². The Kier molecular flexibility index (Phi) is 3.50. The number of aryl methyl sites for hydroxylation is 1. The van der Waals surface area contributed by atoms with Gasteiger partial charge >= 0.3 is 6.01 Å². The Morgan fingerprint density at radius 2 is 2.05 bits per heavy atom. The maximum absolute atomic E-state index is 13.5. The van der Waals surface area contributed by atoms with E-state index in [1.807, 2.05) is 31.2 Å². The number of benzene rings is 1.